The van der Waals surface area contributed by atoms with E-state index in [-0.39, 0.29) is 24.0 Å². The van der Waals surface area contributed by atoms with Crippen LogP contribution in [-0.4, -0.2) is 173 Å². The Kier molecular flexibility index (Phi) is 23.4. The lowest BCUT2D eigenvalue weighted by Gasteiger charge is -2.39. The summed E-state index contributed by atoms with van der Waals surface area (Å²) in [7, 11) is 4.46. The van der Waals surface area contributed by atoms with Crippen molar-refractivity contribution in [1.82, 2.24) is 19.6 Å². The van der Waals surface area contributed by atoms with Crippen LogP contribution >= 0.6 is 0 Å². The number of hydrogen-bond donors (Lipinski definition) is 1. The van der Waals surface area contributed by atoms with Gasteiger partial charge in [0.15, 0.2) is 24.6 Å². The standard InChI is InChI=1S/C56H78F8N4O14/c1-31-43(69)65(13)39(29-53(9,10)57)49(75)79-42(26-34-19-23-36(24-20-34)82-56(62,63)64)46(72)68(16)38(28-52(6,7)8)48(74)78-32(2)44(70)66(14)40(30-54(11,12)58)50(76)80-41(25-33-17-21-35(22-18-33)81-55(59,60)61)45(71)67(15)37(47(73)77-31)27-51(3,4)5/h17-24,31-32,37-42,49,75H,25-30H2,1-16H3/t31-,32-,37+,38+,39+,40+,41-,42-,49?/m1/s1. The van der Waals surface area contributed by atoms with E-state index in [2.05, 4.69) is 9.47 Å². The number of ether oxygens (including phenoxy) is 6. The predicted octanol–water partition coefficient (Wildman–Crippen LogP) is 8.22. The van der Waals surface area contributed by atoms with Gasteiger partial charge in [0.25, 0.3) is 23.6 Å². The summed E-state index contributed by atoms with van der Waals surface area (Å²) in [6.07, 6.45) is -23.0. The Morgan fingerprint density at radius 2 is 0.768 bits per heavy atom. The molecule has 1 heterocycles. The van der Waals surface area contributed by atoms with E-state index in [1.165, 1.54) is 0 Å². The molecule has 0 saturated carbocycles. The predicted molar refractivity (Wildman–Crippen MR) is 280 cm³/mol. The first-order chi connectivity index (χ1) is 37.2. The molecule has 1 unspecified atom stereocenters. The molecule has 18 nitrogen and oxygen atoms in total. The molecule has 1 fully saturated rings. The van der Waals surface area contributed by atoms with Gasteiger partial charge in [-0.15, -0.1) is 26.3 Å². The highest BCUT2D eigenvalue weighted by molar-refractivity contribution is 5.93. The molecule has 26 heteroatoms. The van der Waals surface area contributed by atoms with Gasteiger partial charge in [0.05, 0.1) is 6.04 Å². The Labute approximate surface area is 473 Å². The molecule has 1 aliphatic rings. The number of esters is 3. The van der Waals surface area contributed by atoms with Crippen LogP contribution in [0.4, 0.5) is 35.1 Å². The van der Waals surface area contributed by atoms with Crippen molar-refractivity contribution in [2.75, 3.05) is 28.2 Å². The number of likely N-dealkylation sites (N-methyl/N-ethyl adjacent to an activating group) is 4. The van der Waals surface area contributed by atoms with Crippen molar-refractivity contribution in [2.45, 2.75) is 201 Å². The highest BCUT2D eigenvalue weighted by atomic mass is 19.4. The Balaban J connectivity index is 2.36. The molecule has 2 aromatic rings. The number of nitrogens with zero attached hydrogens (tertiary/aromatic N) is 4. The van der Waals surface area contributed by atoms with E-state index < -0.39 is 168 Å². The molecule has 1 aliphatic heterocycles. The van der Waals surface area contributed by atoms with E-state index in [4.69, 9.17) is 18.9 Å². The number of cyclic esters (lactones) is 3. The number of hydrogen-bond acceptors (Lipinski definition) is 14. The van der Waals surface area contributed by atoms with Gasteiger partial charge in [-0.3, -0.25) is 19.2 Å². The third kappa shape index (κ3) is 22.5. The normalized spacial score (nSPS) is 24.9. The molecule has 1 saturated heterocycles. The van der Waals surface area contributed by atoms with Crippen LogP contribution in [0.2, 0.25) is 0 Å². The molecule has 9 atom stereocenters. The highest BCUT2D eigenvalue weighted by Gasteiger charge is 2.45. The lowest BCUT2D eigenvalue weighted by atomic mass is 9.87. The van der Waals surface area contributed by atoms with Crippen molar-refractivity contribution in [3.63, 3.8) is 0 Å². The topological polar surface area (TPSA) is 208 Å². The van der Waals surface area contributed by atoms with Crippen LogP contribution in [0.3, 0.4) is 0 Å². The molecular formula is C56H78F8N4O14. The molecule has 82 heavy (non-hydrogen) atoms. The minimum Gasteiger partial charge on any atom is -0.451 e. The smallest absolute Gasteiger partial charge is 0.451 e. The third-order valence-corrected chi connectivity index (χ3v) is 13.0. The minimum absolute atomic E-state index is 0.0807. The van der Waals surface area contributed by atoms with Gasteiger partial charge < -0.3 is 53.1 Å². The zero-order chi connectivity index (χ0) is 63.0. The molecule has 4 amide bonds. The molecule has 1 N–H and O–H groups in total. The summed E-state index contributed by atoms with van der Waals surface area (Å²) in [5.74, 6) is -9.47. The van der Waals surface area contributed by atoms with Crippen molar-refractivity contribution in [2.24, 2.45) is 10.8 Å². The van der Waals surface area contributed by atoms with E-state index in [0.717, 1.165) is 133 Å². The molecular weight excluding hydrogens is 1100 g/mol. The van der Waals surface area contributed by atoms with Crippen LogP contribution in [-0.2, 0) is 65.4 Å². The number of rotatable bonds is 12. The Morgan fingerprint density at radius 3 is 1.12 bits per heavy atom. The van der Waals surface area contributed by atoms with Crippen LogP contribution in [0.5, 0.6) is 11.5 Å². The van der Waals surface area contributed by atoms with Crippen molar-refractivity contribution in [3.05, 3.63) is 59.7 Å². The van der Waals surface area contributed by atoms with E-state index >= 15 is 8.78 Å². The quantitative estimate of drug-likeness (QED) is 0.121. The molecule has 0 aromatic heterocycles. The zero-order valence-corrected chi connectivity index (χ0v) is 49.1. The van der Waals surface area contributed by atoms with Gasteiger partial charge in [0.1, 0.15) is 47.1 Å². The first-order valence-corrected chi connectivity index (χ1v) is 26.2. The number of alkyl halides is 8. The number of amides is 4. The Bertz CT molecular complexity index is 2520. The van der Waals surface area contributed by atoms with Crippen LogP contribution < -0.4 is 9.47 Å². The maximum absolute atomic E-state index is 15.8. The van der Waals surface area contributed by atoms with E-state index in [1.54, 1.807) is 41.5 Å². The molecule has 0 bridgehead atoms. The van der Waals surface area contributed by atoms with Gasteiger partial charge in [-0.2, -0.15) is 0 Å². The number of carbonyl (C=O) groups excluding carboxylic acids is 7. The molecule has 0 spiro atoms. The molecule has 0 radical (unpaired) electrons. The second-order valence-corrected chi connectivity index (χ2v) is 24.2. The maximum Gasteiger partial charge on any atom is 0.573 e. The van der Waals surface area contributed by atoms with Gasteiger partial charge in [-0.25, -0.2) is 23.2 Å². The Hall–Kier alpha value is -6.31. The summed E-state index contributed by atoms with van der Waals surface area (Å²) in [6.45, 7) is 16.7. The largest absolute Gasteiger partial charge is 0.573 e. The van der Waals surface area contributed by atoms with E-state index in [9.17, 15) is 65.0 Å². The number of halogens is 8. The SMILES string of the molecule is C[C@H]1OC(=O)[C@H](CC(C)(C)C)N(C)C(=O)[C@@H](Cc2ccc(OC(F)(F)F)cc2)OC(O)[C@H](CC(C)(C)F)N(C)C(=O)[C@@H](C)OC(=O)[C@H](CC(C)(C)C)N(C)C(=O)[C@@H](Cc2ccc(OC(F)(F)F)cc2)OC(=O)[C@H](CC(C)(C)F)N(C)C1=O. The minimum atomic E-state index is -5.07. The summed E-state index contributed by atoms with van der Waals surface area (Å²) < 4.78 is 141. The second kappa shape index (κ2) is 27.4. The molecule has 2 aromatic carbocycles. The fraction of sp³-hybridized carbons (Fsp3) is 0.661. The van der Waals surface area contributed by atoms with Gasteiger partial charge in [0, 0.05) is 53.9 Å². The fourth-order valence-corrected chi connectivity index (χ4v) is 8.87. The van der Waals surface area contributed by atoms with Gasteiger partial charge >= 0.3 is 30.6 Å². The van der Waals surface area contributed by atoms with Crippen molar-refractivity contribution < 1.29 is 102 Å². The summed E-state index contributed by atoms with van der Waals surface area (Å²) >= 11 is 0. The van der Waals surface area contributed by atoms with Crippen LogP contribution in [0.1, 0.15) is 120 Å². The summed E-state index contributed by atoms with van der Waals surface area (Å²) in [4.78, 5) is 105. The summed E-state index contributed by atoms with van der Waals surface area (Å²) in [5, 5.41) is 12.0. The number of aliphatic hydroxyl groups excluding tert-OH is 1. The van der Waals surface area contributed by atoms with Crippen molar-refractivity contribution in [3.8, 4) is 11.5 Å². The Morgan fingerprint density at radius 1 is 0.451 bits per heavy atom. The molecule has 0 aliphatic carbocycles. The lowest BCUT2D eigenvalue weighted by Crippen LogP contribution is -2.56. The maximum atomic E-state index is 15.8. The van der Waals surface area contributed by atoms with Gasteiger partial charge in [-0.1, -0.05) is 65.8 Å². The molecule has 462 valence electrons. The fourth-order valence-electron chi connectivity index (χ4n) is 8.87. The average Bonchev–Trinajstić information content (AvgIpc) is 3.36. The van der Waals surface area contributed by atoms with Crippen LogP contribution in [0, 0.1) is 10.8 Å². The molecule has 3 rings (SSSR count). The average molecular weight is 1180 g/mol. The zero-order valence-electron chi connectivity index (χ0n) is 49.1. The van der Waals surface area contributed by atoms with Gasteiger partial charge in [-0.05, 0) is 101 Å². The lowest BCUT2D eigenvalue weighted by molar-refractivity contribution is -0.275. The monoisotopic (exact) mass is 1180 g/mol. The van der Waals surface area contributed by atoms with Gasteiger partial charge in [0.2, 0.25) is 0 Å². The summed E-state index contributed by atoms with van der Waals surface area (Å²) in [5.41, 5.74) is -5.91. The third-order valence-electron chi connectivity index (χ3n) is 13.0. The first kappa shape index (κ1) is 70.0. The summed E-state index contributed by atoms with van der Waals surface area (Å²) in [6, 6.07) is 1.44. The number of aliphatic hydroxyl groups is 1. The number of carbonyl (C=O) groups is 7. The van der Waals surface area contributed by atoms with E-state index in [0.29, 0.717) is 4.90 Å². The second-order valence-electron chi connectivity index (χ2n) is 24.2. The highest BCUT2D eigenvalue weighted by Crippen LogP contribution is 2.32. The van der Waals surface area contributed by atoms with Crippen molar-refractivity contribution in [1.29, 1.82) is 0 Å². The van der Waals surface area contributed by atoms with Crippen LogP contribution in [0.25, 0.3) is 0 Å². The van der Waals surface area contributed by atoms with E-state index in [1.807, 2.05) is 0 Å². The number of benzene rings is 2. The first-order valence-electron chi connectivity index (χ1n) is 26.2. The van der Waals surface area contributed by atoms with Crippen LogP contribution in [0.15, 0.2) is 48.5 Å². The van der Waals surface area contributed by atoms with Crippen molar-refractivity contribution >= 4 is 41.5 Å².